The summed E-state index contributed by atoms with van der Waals surface area (Å²) in [4.78, 5) is 13.3. The Morgan fingerprint density at radius 2 is 2.27 bits per heavy atom. The number of fused-ring (bicyclic) bond motifs is 1. The van der Waals surface area contributed by atoms with Gasteiger partial charge in [-0.05, 0) is 19.1 Å². The molecule has 0 aromatic heterocycles. The van der Waals surface area contributed by atoms with Crippen LogP contribution in [0.1, 0.15) is 6.92 Å². The third-order valence-corrected chi connectivity index (χ3v) is 2.28. The number of hydrogen-bond donors (Lipinski definition) is 1. The van der Waals surface area contributed by atoms with Crippen molar-refractivity contribution in [2.45, 2.75) is 13.0 Å². The first-order valence-corrected chi connectivity index (χ1v) is 4.96. The van der Waals surface area contributed by atoms with Crippen LogP contribution in [0.5, 0.6) is 5.75 Å². The van der Waals surface area contributed by atoms with E-state index in [0.717, 1.165) is 11.4 Å². The standard InChI is InChI=1S/C11H14N2O2/c1-8(12)6-13-9-4-2-3-5-10(9)15-7-11(13)14/h2-5,8H,6-7,12H2,1H3/t8-/m1/s1. The molecule has 2 N–H and O–H groups in total. The quantitative estimate of drug-likeness (QED) is 0.777. The van der Waals surface area contributed by atoms with Gasteiger partial charge >= 0.3 is 0 Å². The van der Waals surface area contributed by atoms with E-state index in [1.807, 2.05) is 31.2 Å². The number of anilines is 1. The van der Waals surface area contributed by atoms with Crippen LogP contribution in [0.4, 0.5) is 5.69 Å². The zero-order valence-electron chi connectivity index (χ0n) is 8.64. The van der Waals surface area contributed by atoms with Crippen LogP contribution in [0, 0.1) is 0 Å². The third-order valence-electron chi connectivity index (χ3n) is 2.28. The molecule has 0 saturated heterocycles. The highest BCUT2D eigenvalue weighted by molar-refractivity contribution is 5.97. The zero-order chi connectivity index (χ0) is 10.8. The number of benzene rings is 1. The Morgan fingerprint density at radius 1 is 1.53 bits per heavy atom. The molecule has 4 heteroatoms. The Labute approximate surface area is 88.6 Å². The number of carbonyl (C=O) groups is 1. The van der Waals surface area contributed by atoms with Gasteiger partial charge < -0.3 is 15.4 Å². The van der Waals surface area contributed by atoms with E-state index in [1.165, 1.54) is 0 Å². The highest BCUT2D eigenvalue weighted by atomic mass is 16.5. The minimum Gasteiger partial charge on any atom is -0.482 e. The maximum absolute atomic E-state index is 11.6. The molecule has 1 heterocycles. The molecule has 0 spiro atoms. The van der Waals surface area contributed by atoms with Crippen molar-refractivity contribution < 1.29 is 9.53 Å². The summed E-state index contributed by atoms with van der Waals surface area (Å²) in [5.41, 5.74) is 6.52. The van der Waals surface area contributed by atoms with E-state index < -0.39 is 0 Å². The minimum atomic E-state index is -0.0416. The predicted molar refractivity (Wildman–Crippen MR) is 57.9 cm³/mol. The number of carbonyl (C=O) groups excluding carboxylic acids is 1. The summed E-state index contributed by atoms with van der Waals surface area (Å²) in [6, 6.07) is 7.46. The minimum absolute atomic E-state index is 0.0361. The molecule has 1 amide bonds. The van der Waals surface area contributed by atoms with Crippen LogP contribution in [-0.4, -0.2) is 25.1 Å². The summed E-state index contributed by atoms with van der Waals surface area (Å²) >= 11 is 0. The molecule has 1 aromatic rings. The molecule has 0 aliphatic carbocycles. The van der Waals surface area contributed by atoms with Gasteiger partial charge in [0.15, 0.2) is 6.61 Å². The number of nitrogens with zero attached hydrogens (tertiary/aromatic N) is 1. The largest absolute Gasteiger partial charge is 0.482 e. The molecule has 2 rings (SSSR count). The van der Waals surface area contributed by atoms with Gasteiger partial charge in [-0.25, -0.2) is 0 Å². The smallest absolute Gasteiger partial charge is 0.265 e. The van der Waals surface area contributed by atoms with Crippen molar-refractivity contribution in [2.75, 3.05) is 18.1 Å². The van der Waals surface area contributed by atoms with Crippen molar-refractivity contribution >= 4 is 11.6 Å². The lowest BCUT2D eigenvalue weighted by molar-refractivity contribution is -0.121. The highest BCUT2D eigenvalue weighted by Crippen LogP contribution is 2.31. The van der Waals surface area contributed by atoms with E-state index >= 15 is 0 Å². The summed E-state index contributed by atoms with van der Waals surface area (Å²) in [5.74, 6) is 0.712. The average Bonchev–Trinajstić information content (AvgIpc) is 2.22. The van der Waals surface area contributed by atoms with E-state index in [9.17, 15) is 4.79 Å². The first-order valence-electron chi connectivity index (χ1n) is 4.96. The van der Waals surface area contributed by atoms with Gasteiger partial charge in [0.05, 0.1) is 5.69 Å². The number of nitrogens with two attached hydrogens (primary N) is 1. The van der Waals surface area contributed by atoms with Crippen LogP contribution in [-0.2, 0) is 4.79 Å². The van der Waals surface area contributed by atoms with Crippen molar-refractivity contribution in [2.24, 2.45) is 5.73 Å². The van der Waals surface area contributed by atoms with Crippen LogP contribution in [0.2, 0.25) is 0 Å². The molecule has 80 valence electrons. The van der Waals surface area contributed by atoms with Crippen LogP contribution < -0.4 is 15.4 Å². The SMILES string of the molecule is C[C@@H](N)CN1C(=O)COc2ccccc21. The fraction of sp³-hybridized carbons (Fsp3) is 0.364. The molecule has 1 aliphatic rings. The van der Waals surface area contributed by atoms with Gasteiger partial charge in [-0.3, -0.25) is 4.79 Å². The van der Waals surface area contributed by atoms with Crippen molar-refractivity contribution in [3.05, 3.63) is 24.3 Å². The van der Waals surface area contributed by atoms with Crippen LogP contribution in [0.15, 0.2) is 24.3 Å². The number of para-hydroxylation sites is 2. The highest BCUT2D eigenvalue weighted by Gasteiger charge is 2.25. The molecular formula is C11H14N2O2. The summed E-state index contributed by atoms with van der Waals surface area (Å²) < 4.78 is 5.32. The van der Waals surface area contributed by atoms with Crippen LogP contribution in [0.25, 0.3) is 0 Å². The van der Waals surface area contributed by atoms with Gasteiger partial charge in [0, 0.05) is 12.6 Å². The Balaban J connectivity index is 2.33. The third kappa shape index (κ3) is 1.94. The second-order valence-electron chi connectivity index (χ2n) is 3.74. The molecule has 0 fully saturated rings. The molecule has 0 unspecified atom stereocenters. The van der Waals surface area contributed by atoms with E-state index in [0.29, 0.717) is 6.54 Å². The fourth-order valence-corrected chi connectivity index (χ4v) is 1.64. The lowest BCUT2D eigenvalue weighted by Gasteiger charge is -2.30. The predicted octanol–water partition coefficient (Wildman–Crippen LogP) is 0.759. The molecule has 1 aliphatic heterocycles. The van der Waals surface area contributed by atoms with Gasteiger partial charge in [-0.2, -0.15) is 0 Å². The van der Waals surface area contributed by atoms with E-state index in [4.69, 9.17) is 10.5 Å². The Morgan fingerprint density at radius 3 is 3.00 bits per heavy atom. The number of amides is 1. The molecular weight excluding hydrogens is 192 g/mol. The molecule has 0 bridgehead atoms. The maximum Gasteiger partial charge on any atom is 0.265 e. The van der Waals surface area contributed by atoms with Gasteiger partial charge in [-0.15, -0.1) is 0 Å². The van der Waals surface area contributed by atoms with Crippen molar-refractivity contribution in [3.63, 3.8) is 0 Å². The van der Waals surface area contributed by atoms with E-state index in [2.05, 4.69) is 0 Å². The lowest BCUT2D eigenvalue weighted by atomic mass is 10.2. The van der Waals surface area contributed by atoms with Gasteiger partial charge in [0.2, 0.25) is 0 Å². The molecule has 4 nitrogen and oxygen atoms in total. The molecule has 1 aromatic carbocycles. The van der Waals surface area contributed by atoms with Gasteiger partial charge in [-0.1, -0.05) is 12.1 Å². The maximum atomic E-state index is 11.6. The summed E-state index contributed by atoms with van der Waals surface area (Å²) in [7, 11) is 0. The number of hydrogen-bond acceptors (Lipinski definition) is 3. The second-order valence-corrected chi connectivity index (χ2v) is 3.74. The Bertz CT molecular complexity index is 377. The molecule has 0 saturated carbocycles. The number of rotatable bonds is 2. The lowest BCUT2D eigenvalue weighted by Crippen LogP contribution is -2.44. The summed E-state index contributed by atoms with van der Waals surface area (Å²) in [5, 5.41) is 0. The molecule has 15 heavy (non-hydrogen) atoms. The monoisotopic (exact) mass is 206 g/mol. The normalized spacial score (nSPS) is 16.9. The van der Waals surface area contributed by atoms with Gasteiger partial charge in [0.25, 0.3) is 5.91 Å². The van der Waals surface area contributed by atoms with Crippen LogP contribution in [0.3, 0.4) is 0 Å². The fourth-order valence-electron chi connectivity index (χ4n) is 1.64. The first-order chi connectivity index (χ1) is 7.18. The average molecular weight is 206 g/mol. The number of ether oxygens (including phenoxy) is 1. The summed E-state index contributed by atoms with van der Waals surface area (Å²) in [6.45, 7) is 2.51. The second kappa shape index (κ2) is 3.90. The van der Waals surface area contributed by atoms with Crippen molar-refractivity contribution in [1.82, 2.24) is 0 Å². The molecule has 0 radical (unpaired) electrons. The van der Waals surface area contributed by atoms with Crippen LogP contribution >= 0.6 is 0 Å². The Hall–Kier alpha value is -1.55. The van der Waals surface area contributed by atoms with Crippen molar-refractivity contribution in [3.8, 4) is 5.75 Å². The first kappa shape index (κ1) is 9.98. The van der Waals surface area contributed by atoms with Crippen molar-refractivity contribution in [1.29, 1.82) is 0 Å². The van der Waals surface area contributed by atoms with Gasteiger partial charge in [0.1, 0.15) is 5.75 Å². The zero-order valence-corrected chi connectivity index (χ0v) is 8.64. The van der Waals surface area contributed by atoms with E-state index in [1.54, 1.807) is 4.90 Å². The Kier molecular flexibility index (Phi) is 2.60. The topological polar surface area (TPSA) is 55.6 Å². The molecule has 1 atom stereocenters. The van der Waals surface area contributed by atoms with E-state index in [-0.39, 0.29) is 18.6 Å². The summed E-state index contributed by atoms with van der Waals surface area (Å²) in [6.07, 6.45) is 0.